The van der Waals surface area contributed by atoms with Crippen LogP contribution in [-0.4, -0.2) is 46.1 Å². The van der Waals surface area contributed by atoms with Gasteiger partial charge in [-0.3, -0.25) is 9.48 Å². The van der Waals surface area contributed by atoms with E-state index in [1.165, 1.54) is 22.6 Å². The van der Waals surface area contributed by atoms with Gasteiger partial charge in [0.2, 0.25) is 10.0 Å². The van der Waals surface area contributed by atoms with Crippen LogP contribution in [0.2, 0.25) is 5.02 Å². The van der Waals surface area contributed by atoms with E-state index in [2.05, 4.69) is 10.4 Å². The van der Waals surface area contributed by atoms with Crippen LogP contribution in [0.15, 0.2) is 53.8 Å². The number of rotatable bonds is 7. The van der Waals surface area contributed by atoms with Gasteiger partial charge in [0.25, 0.3) is 5.91 Å². The van der Waals surface area contributed by atoms with Crippen LogP contribution in [0.3, 0.4) is 0 Å². The molecule has 1 amide bonds. The van der Waals surface area contributed by atoms with Crippen molar-refractivity contribution in [2.24, 2.45) is 7.05 Å². The zero-order chi connectivity index (χ0) is 21.2. The number of aryl methyl sites for hydroxylation is 1. The zero-order valence-electron chi connectivity index (χ0n) is 16.3. The Bertz CT molecular complexity index is 1120. The van der Waals surface area contributed by atoms with Crippen molar-refractivity contribution in [3.8, 4) is 5.82 Å². The van der Waals surface area contributed by atoms with Gasteiger partial charge in [0.05, 0.1) is 11.2 Å². The number of carbonyl (C=O) groups excluding carboxylic acids is 1. The Balaban J connectivity index is 1.94. The predicted octanol–water partition coefficient (Wildman–Crippen LogP) is 3.15. The second kappa shape index (κ2) is 8.40. The van der Waals surface area contributed by atoms with E-state index in [0.29, 0.717) is 30.2 Å². The number of nitrogens with one attached hydrogen (secondary N) is 1. The minimum absolute atomic E-state index is 0.0440. The molecule has 0 saturated carbocycles. The molecule has 10 heteroatoms. The molecule has 0 saturated heterocycles. The van der Waals surface area contributed by atoms with Crippen molar-refractivity contribution >= 4 is 33.2 Å². The summed E-state index contributed by atoms with van der Waals surface area (Å²) in [5.74, 6) is 0.188. The van der Waals surface area contributed by atoms with Gasteiger partial charge in [0.1, 0.15) is 16.3 Å². The van der Waals surface area contributed by atoms with Crippen molar-refractivity contribution in [3.05, 3.63) is 59.5 Å². The zero-order valence-corrected chi connectivity index (χ0v) is 17.9. The van der Waals surface area contributed by atoms with E-state index in [1.807, 2.05) is 24.5 Å². The third-order valence-electron chi connectivity index (χ3n) is 4.51. The molecule has 154 valence electrons. The first-order chi connectivity index (χ1) is 13.8. The monoisotopic (exact) mass is 435 g/mol. The summed E-state index contributed by atoms with van der Waals surface area (Å²) in [5.41, 5.74) is 0.680. The van der Waals surface area contributed by atoms with Gasteiger partial charge in [0, 0.05) is 38.2 Å². The van der Waals surface area contributed by atoms with Crippen LogP contribution in [-0.2, 0) is 17.1 Å². The molecule has 0 unspecified atom stereocenters. The van der Waals surface area contributed by atoms with Crippen molar-refractivity contribution in [2.75, 3.05) is 18.4 Å². The highest BCUT2D eigenvalue weighted by molar-refractivity contribution is 7.89. The maximum atomic E-state index is 12.9. The van der Waals surface area contributed by atoms with Gasteiger partial charge in [-0.05, 0) is 30.3 Å². The lowest BCUT2D eigenvalue weighted by molar-refractivity contribution is 0.102. The maximum Gasteiger partial charge on any atom is 0.261 e. The van der Waals surface area contributed by atoms with E-state index in [0.717, 1.165) is 0 Å². The third kappa shape index (κ3) is 4.07. The lowest BCUT2D eigenvalue weighted by Gasteiger charge is -2.19. The van der Waals surface area contributed by atoms with E-state index in [-0.39, 0.29) is 9.92 Å². The average Bonchev–Trinajstić information content (AvgIpc) is 3.33. The Hall–Kier alpha value is -2.62. The van der Waals surface area contributed by atoms with Crippen LogP contribution in [0.1, 0.15) is 24.2 Å². The van der Waals surface area contributed by atoms with E-state index in [9.17, 15) is 13.2 Å². The highest BCUT2D eigenvalue weighted by atomic mass is 35.5. The fourth-order valence-electron chi connectivity index (χ4n) is 3.05. The summed E-state index contributed by atoms with van der Waals surface area (Å²) in [6.07, 6.45) is 5.09. The molecule has 1 aromatic carbocycles. The number of carbonyl (C=O) groups is 1. The van der Waals surface area contributed by atoms with Crippen LogP contribution in [0, 0.1) is 0 Å². The molecule has 3 rings (SSSR count). The quantitative estimate of drug-likeness (QED) is 0.617. The summed E-state index contributed by atoms with van der Waals surface area (Å²) < 4.78 is 30.4. The van der Waals surface area contributed by atoms with Crippen LogP contribution in [0.25, 0.3) is 5.82 Å². The molecule has 0 aliphatic rings. The molecular formula is C19H22ClN5O3S. The largest absolute Gasteiger partial charge is 0.322 e. The second-order valence-electron chi connectivity index (χ2n) is 6.28. The standard InChI is InChI=1S/C19H22ClN5O3S/c1-4-25(5-2)29(27,28)17-12-14(8-9-16(17)20)22-18(26)15-13-21-23(3)19(15)24-10-6-7-11-24/h6-13H,4-5H2,1-3H3,(H,22,26). The van der Waals surface area contributed by atoms with Crippen molar-refractivity contribution in [1.29, 1.82) is 0 Å². The Kier molecular flexibility index (Phi) is 6.11. The van der Waals surface area contributed by atoms with Gasteiger partial charge in [-0.15, -0.1) is 0 Å². The molecule has 2 aromatic heterocycles. The Morgan fingerprint density at radius 1 is 1.21 bits per heavy atom. The molecule has 29 heavy (non-hydrogen) atoms. The summed E-state index contributed by atoms with van der Waals surface area (Å²) in [6, 6.07) is 8.09. The third-order valence-corrected chi connectivity index (χ3v) is 7.04. The summed E-state index contributed by atoms with van der Waals surface area (Å²) in [4.78, 5) is 12.8. The van der Waals surface area contributed by atoms with E-state index in [1.54, 1.807) is 36.2 Å². The molecule has 0 bridgehead atoms. The van der Waals surface area contributed by atoms with Crippen LogP contribution in [0.4, 0.5) is 5.69 Å². The first-order valence-electron chi connectivity index (χ1n) is 9.06. The van der Waals surface area contributed by atoms with Crippen LogP contribution in [0.5, 0.6) is 0 Å². The number of aromatic nitrogens is 3. The molecular weight excluding hydrogens is 414 g/mol. The number of halogens is 1. The SMILES string of the molecule is CCN(CC)S(=O)(=O)c1cc(NC(=O)c2cnn(C)c2-n2cccc2)ccc1Cl. The van der Waals surface area contributed by atoms with Gasteiger partial charge < -0.3 is 9.88 Å². The van der Waals surface area contributed by atoms with E-state index < -0.39 is 15.9 Å². The van der Waals surface area contributed by atoms with Gasteiger partial charge >= 0.3 is 0 Å². The van der Waals surface area contributed by atoms with E-state index in [4.69, 9.17) is 11.6 Å². The molecule has 0 radical (unpaired) electrons. The van der Waals surface area contributed by atoms with Crippen molar-refractivity contribution in [2.45, 2.75) is 18.7 Å². The molecule has 0 aliphatic heterocycles. The molecule has 2 heterocycles. The topological polar surface area (TPSA) is 89.2 Å². The first kappa shape index (κ1) is 21.1. The van der Waals surface area contributed by atoms with Crippen molar-refractivity contribution in [3.63, 3.8) is 0 Å². The fourth-order valence-corrected chi connectivity index (χ4v) is 5.01. The second-order valence-corrected chi connectivity index (χ2v) is 8.60. The highest BCUT2D eigenvalue weighted by Gasteiger charge is 2.25. The fraction of sp³-hybridized carbons (Fsp3) is 0.263. The number of nitrogens with zero attached hydrogens (tertiary/aromatic N) is 4. The lowest BCUT2D eigenvalue weighted by Crippen LogP contribution is -2.30. The highest BCUT2D eigenvalue weighted by Crippen LogP contribution is 2.28. The van der Waals surface area contributed by atoms with Gasteiger partial charge in [-0.25, -0.2) is 8.42 Å². The van der Waals surface area contributed by atoms with Crippen LogP contribution >= 0.6 is 11.6 Å². The number of benzene rings is 1. The average molecular weight is 436 g/mol. The minimum Gasteiger partial charge on any atom is -0.322 e. The van der Waals surface area contributed by atoms with Crippen molar-refractivity contribution in [1.82, 2.24) is 18.7 Å². The van der Waals surface area contributed by atoms with Gasteiger partial charge in [0.15, 0.2) is 0 Å². The minimum atomic E-state index is -3.76. The number of anilines is 1. The summed E-state index contributed by atoms with van der Waals surface area (Å²) in [7, 11) is -2.03. The molecule has 0 atom stereocenters. The Labute approximate surface area is 174 Å². The normalized spacial score (nSPS) is 11.8. The Morgan fingerprint density at radius 2 is 1.86 bits per heavy atom. The molecule has 0 fully saturated rings. The number of hydrogen-bond donors (Lipinski definition) is 1. The lowest BCUT2D eigenvalue weighted by atomic mass is 10.2. The molecule has 1 N–H and O–H groups in total. The van der Waals surface area contributed by atoms with Gasteiger partial charge in [-0.1, -0.05) is 25.4 Å². The van der Waals surface area contributed by atoms with Crippen molar-refractivity contribution < 1.29 is 13.2 Å². The summed E-state index contributed by atoms with van der Waals surface area (Å²) in [6.45, 7) is 4.15. The summed E-state index contributed by atoms with van der Waals surface area (Å²) >= 11 is 6.15. The smallest absolute Gasteiger partial charge is 0.261 e. The Morgan fingerprint density at radius 3 is 2.48 bits per heavy atom. The molecule has 0 aliphatic carbocycles. The molecule has 3 aromatic rings. The van der Waals surface area contributed by atoms with Crippen LogP contribution < -0.4 is 5.32 Å². The number of amides is 1. The van der Waals surface area contributed by atoms with Gasteiger partial charge in [-0.2, -0.15) is 9.40 Å². The number of sulfonamides is 1. The molecule has 8 nitrogen and oxygen atoms in total. The maximum absolute atomic E-state index is 12.9. The van der Waals surface area contributed by atoms with E-state index >= 15 is 0 Å². The predicted molar refractivity (Wildman–Crippen MR) is 112 cm³/mol. The summed E-state index contributed by atoms with van der Waals surface area (Å²) in [5, 5.41) is 7.01. The first-order valence-corrected chi connectivity index (χ1v) is 10.9. The number of hydrogen-bond acceptors (Lipinski definition) is 4. The molecule has 0 spiro atoms.